The molecular weight excluding hydrogens is 306 g/mol. The first-order chi connectivity index (χ1) is 11.3. The average molecular weight is 327 g/mol. The molecule has 0 amide bonds. The lowest BCUT2D eigenvalue weighted by atomic mass is 9.62. The van der Waals surface area contributed by atoms with Crippen LogP contribution in [0.1, 0.15) is 12.8 Å². The van der Waals surface area contributed by atoms with Crippen molar-refractivity contribution in [1.29, 1.82) is 0 Å². The number of benzene rings is 1. The van der Waals surface area contributed by atoms with Crippen molar-refractivity contribution in [3.05, 3.63) is 30.3 Å². The van der Waals surface area contributed by atoms with E-state index in [0.29, 0.717) is 5.92 Å². The normalized spacial score (nSPS) is 34.7. The van der Waals surface area contributed by atoms with E-state index in [1.165, 1.54) is 32.5 Å². The van der Waals surface area contributed by atoms with E-state index in [0.717, 1.165) is 40.1 Å². The molecule has 4 fully saturated rings. The molecule has 2 unspecified atom stereocenters. The van der Waals surface area contributed by atoms with Crippen LogP contribution in [0, 0.1) is 23.7 Å². The molecule has 3 aliphatic heterocycles. The molecule has 1 aliphatic carbocycles. The van der Waals surface area contributed by atoms with Gasteiger partial charge in [0.25, 0.3) is 5.19 Å². The zero-order chi connectivity index (χ0) is 15.2. The van der Waals surface area contributed by atoms with Crippen molar-refractivity contribution < 1.29 is 4.74 Å². The Hall–Kier alpha value is -1.46. The molecule has 1 aromatic carbocycles. The van der Waals surface area contributed by atoms with E-state index in [1.54, 1.807) is 11.3 Å². The summed E-state index contributed by atoms with van der Waals surface area (Å²) in [6.45, 7) is 4.73. The fourth-order valence-electron chi connectivity index (χ4n) is 4.91. The van der Waals surface area contributed by atoms with Gasteiger partial charge in [-0.25, -0.2) is 0 Å². The largest absolute Gasteiger partial charge is 0.469 e. The van der Waals surface area contributed by atoms with E-state index < -0.39 is 0 Å². The van der Waals surface area contributed by atoms with Crippen molar-refractivity contribution in [3.8, 4) is 15.8 Å². The Labute approximate surface area is 140 Å². The minimum atomic E-state index is 0.715. The molecule has 6 rings (SSSR count). The monoisotopic (exact) mass is 327 g/mol. The summed E-state index contributed by atoms with van der Waals surface area (Å²) >= 11 is 1.56. The Morgan fingerprint density at radius 3 is 2.57 bits per heavy atom. The number of rotatable bonds is 4. The first kappa shape index (κ1) is 13.9. The highest BCUT2D eigenvalue weighted by molar-refractivity contribution is 7.16. The van der Waals surface area contributed by atoms with Gasteiger partial charge in [0.05, 0.1) is 6.61 Å². The van der Waals surface area contributed by atoms with Crippen LogP contribution in [0.25, 0.3) is 10.6 Å². The minimum Gasteiger partial charge on any atom is -0.469 e. The summed E-state index contributed by atoms with van der Waals surface area (Å²) in [6.07, 6.45) is 2.82. The lowest BCUT2D eigenvalue weighted by Crippen LogP contribution is -2.58. The Balaban J connectivity index is 1.26. The van der Waals surface area contributed by atoms with E-state index in [9.17, 15) is 0 Å². The van der Waals surface area contributed by atoms with E-state index in [-0.39, 0.29) is 0 Å². The predicted molar refractivity (Wildman–Crippen MR) is 90.5 cm³/mol. The van der Waals surface area contributed by atoms with Crippen molar-refractivity contribution in [2.75, 3.05) is 26.2 Å². The Kier molecular flexibility index (Phi) is 3.37. The van der Waals surface area contributed by atoms with Gasteiger partial charge >= 0.3 is 0 Å². The second-order valence-electron chi connectivity index (χ2n) is 7.29. The maximum absolute atomic E-state index is 6.06. The number of piperidine rings is 3. The molecule has 0 N–H and O–H groups in total. The molecular formula is C18H21N3OS. The molecule has 0 spiro atoms. The molecule has 4 aliphatic rings. The molecule has 1 saturated carbocycles. The highest BCUT2D eigenvalue weighted by atomic mass is 32.1. The quantitative estimate of drug-likeness (QED) is 0.864. The van der Waals surface area contributed by atoms with Crippen LogP contribution in [0.5, 0.6) is 5.19 Å². The fourth-order valence-corrected chi connectivity index (χ4v) is 5.62. The van der Waals surface area contributed by atoms with E-state index in [1.807, 2.05) is 18.2 Å². The number of hydrogen-bond donors (Lipinski definition) is 0. The Morgan fingerprint density at radius 2 is 1.83 bits per heavy atom. The molecule has 3 saturated heterocycles. The Morgan fingerprint density at radius 1 is 1.04 bits per heavy atom. The van der Waals surface area contributed by atoms with Gasteiger partial charge in [0.15, 0.2) is 5.01 Å². The van der Waals surface area contributed by atoms with Crippen molar-refractivity contribution in [3.63, 3.8) is 0 Å². The lowest BCUT2D eigenvalue weighted by molar-refractivity contribution is -0.0770. The second kappa shape index (κ2) is 5.56. The van der Waals surface area contributed by atoms with Crippen LogP contribution in [-0.2, 0) is 0 Å². The van der Waals surface area contributed by atoms with E-state index in [2.05, 4.69) is 27.2 Å². The third-order valence-corrected chi connectivity index (χ3v) is 6.70. The van der Waals surface area contributed by atoms with Crippen LogP contribution in [0.4, 0.5) is 0 Å². The topological polar surface area (TPSA) is 38.3 Å². The minimum absolute atomic E-state index is 0.715. The predicted octanol–water partition coefficient (Wildman–Crippen LogP) is 3.17. The summed E-state index contributed by atoms with van der Waals surface area (Å²) in [5.41, 5.74) is 1.11. The van der Waals surface area contributed by atoms with Crippen LogP contribution in [-0.4, -0.2) is 41.3 Å². The van der Waals surface area contributed by atoms with Gasteiger partial charge in [0.2, 0.25) is 0 Å². The number of nitrogens with zero attached hydrogens (tertiary/aromatic N) is 3. The number of ether oxygens (including phenoxy) is 1. The van der Waals surface area contributed by atoms with Crippen LogP contribution < -0.4 is 4.74 Å². The van der Waals surface area contributed by atoms with Crippen molar-refractivity contribution in [1.82, 2.24) is 15.1 Å². The number of hydrogen-bond acceptors (Lipinski definition) is 5. The first-order valence-corrected chi connectivity index (χ1v) is 9.41. The van der Waals surface area contributed by atoms with Crippen molar-refractivity contribution in [2.45, 2.75) is 12.8 Å². The van der Waals surface area contributed by atoms with Gasteiger partial charge in [-0.2, -0.15) is 0 Å². The van der Waals surface area contributed by atoms with E-state index >= 15 is 0 Å². The molecule has 5 heteroatoms. The van der Waals surface area contributed by atoms with Crippen LogP contribution in [0.2, 0.25) is 0 Å². The molecule has 2 aromatic rings. The molecule has 23 heavy (non-hydrogen) atoms. The molecule has 1 aromatic heterocycles. The highest BCUT2D eigenvalue weighted by Crippen LogP contribution is 2.47. The standard InChI is InChI=1S/C18H21N3OS/c1-2-4-13(5-3-1)17-19-20-18(23-17)22-11-16-14-6-12-7-15(16)10-21(8-12)9-14/h1-5,12,14-16H,6-11H2. The van der Waals surface area contributed by atoms with Gasteiger partial charge in [0, 0.05) is 31.1 Å². The molecule has 4 heterocycles. The SMILES string of the molecule is c1ccc(-c2nnc(OCC3C4CC5CC3CN(C5)C4)s2)cc1. The zero-order valence-corrected chi connectivity index (χ0v) is 13.9. The first-order valence-electron chi connectivity index (χ1n) is 8.59. The van der Waals surface area contributed by atoms with Crippen LogP contribution >= 0.6 is 11.3 Å². The third kappa shape index (κ3) is 2.56. The number of aromatic nitrogens is 2. The van der Waals surface area contributed by atoms with Gasteiger partial charge < -0.3 is 9.64 Å². The molecule has 4 bridgehead atoms. The third-order valence-electron chi connectivity index (χ3n) is 5.81. The van der Waals surface area contributed by atoms with Crippen LogP contribution in [0.3, 0.4) is 0 Å². The molecule has 0 radical (unpaired) electrons. The molecule has 4 nitrogen and oxygen atoms in total. The maximum Gasteiger partial charge on any atom is 0.294 e. The lowest BCUT2D eigenvalue weighted by Gasteiger charge is -2.55. The van der Waals surface area contributed by atoms with Gasteiger partial charge in [-0.05, 0) is 30.6 Å². The van der Waals surface area contributed by atoms with Gasteiger partial charge in [0.1, 0.15) is 0 Å². The molecule has 2 atom stereocenters. The smallest absolute Gasteiger partial charge is 0.294 e. The Bertz CT molecular complexity index is 659. The summed E-state index contributed by atoms with van der Waals surface area (Å²) in [5.74, 6) is 3.34. The summed E-state index contributed by atoms with van der Waals surface area (Å²) in [7, 11) is 0. The summed E-state index contributed by atoms with van der Waals surface area (Å²) < 4.78 is 6.06. The summed E-state index contributed by atoms with van der Waals surface area (Å²) in [4.78, 5) is 2.67. The maximum atomic E-state index is 6.06. The van der Waals surface area contributed by atoms with Gasteiger partial charge in [-0.3, -0.25) is 0 Å². The summed E-state index contributed by atoms with van der Waals surface area (Å²) in [5, 5.41) is 10.2. The van der Waals surface area contributed by atoms with E-state index in [4.69, 9.17) is 4.74 Å². The second-order valence-corrected chi connectivity index (χ2v) is 8.23. The van der Waals surface area contributed by atoms with Crippen LogP contribution in [0.15, 0.2) is 30.3 Å². The average Bonchev–Trinajstić information content (AvgIpc) is 3.03. The molecule has 120 valence electrons. The summed E-state index contributed by atoms with van der Waals surface area (Å²) in [6, 6.07) is 10.2. The zero-order valence-electron chi connectivity index (χ0n) is 13.1. The van der Waals surface area contributed by atoms with Gasteiger partial charge in [-0.1, -0.05) is 46.8 Å². The van der Waals surface area contributed by atoms with Crippen molar-refractivity contribution in [2.24, 2.45) is 23.7 Å². The fraction of sp³-hybridized carbons (Fsp3) is 0.556. The van der Waals surface area contributed by atoms with Gasteiger partial charge in [-0.15, -0.1) is 5.10 Å². The highest BCUT2D eigenvalue weighted by Gasteiger charge is 2.47. The van der Waals surface area contributed by atoms with Crippen molar-refractivity contribution >= 4 is 11.3 Å².